The van der Waals surface area contributed by atoms with Crippen LogP contribution in [0, 0.1) is 23.6 Å². The quantitative estimate of drug-likeness (QED) is 0.840. The molecular weight excluding hydrogens is 249 g/mol. The molecule has 2 saturated carbocycles. The molecule has 1 aromatic carbocycles. The van der Waals surface area contributed by atoms with Crippen molar-refractivity contribution in [1.82, 2.24) is 5.32 Å². The zero-order chi connectivity index (χ0) is 14.1. The lowest BCUT2D eigenvalue weighted by molar-refractivity contribution is 0.210. The Bertz CT molecular complexity index is 437. The first-order chi connectivity index (χ1) is 9.63. The second-order valence-corrected chi connectivity index (χ2v) is 7.00. The minimum absolute atomic E-state index is 0.136. The Morgan fingerprint density at radius 3 is 2.30 bits per heavy atom. The molecule has 3 rings (SSSR count). The normalized spacial score (nSPS) is 32.0. The molecule has 4 atom stereocenters. The van der Waals surface area contributed by atoms with Crippen molar-refractivity contribution >= 4 is 0 Å². The fourth-order valence-corrected chi connectivity index (χ4v) is 3.56. The molecule has 2 heteroatoms. The molecular formula is C18H26FN. The van der Waals surface area contributed by atoms with Crippen LogP contribution in [-0.2, 0) is 0 Å². The average molecular weight is 275 g/mol. The summed E-state index contributed by atoms with van der Waals surface area (Å²) in [5.74, 6) is 2.30. The standard InChI is InChI=1S/C18H26FN/c1-12-3-10-17(11-13(12)2)20-18(14-4-5-14)15-6-8-16(19)9-7-15/h6-9,12-14,17-18,20H,3-5,10-11H2,1-2H3. The van der Waals surface area contributed by atoms with Crippen LogP contribution in [0.5, 0.6) is 0 Å². The van der Waals surface area contributed by atoms with Crippen molar-refractivity contribution in [3.05, 3.63) is 35.6 Å². The minimum Gasteiger partial charge on any atom is -0.307 e. The molecule has 0 aliphatic heterocycles. The van der Waals surface area contributed by atoms with Crippen molar-refractivity contribution in [3.63, 3.8) is 0 Å². The first-order valence-electron chi connectivity index (χ1n) is 8.15. The minimum atomic E-state index is -0.136. The Kier molecular flexibility index (Phi) is 4.11. The Morgan fingerprint density at radius 1 is 1.00 bits per heavy atom. The van der Waals surface area contributed by atoms with Crippen molar-refractivity contribution in [2.45, 2.75) is 58.0 Å². The Morgan fingerprint density at radius 2 is 1.70 bits per heavy atom. The van der Waals surface area contributed by atoms with Gasteiger partial charge in [0.1, 0.15) is 5.82 Å². The average Bonchev–Trinajstić information content (AvgIpc) is 3.26. The van der Waals surface area contributed by atoms with Gasteiger partial charge in [0.05, 0.1) is 0 Å². The van der Waals surface area contributed by atoms with Gasteiger partial charge < -0.3 is 5.32 Å². The SMILES string of the molecule is CC1CCC(NC(c2ccc(F)cc2)C2CC2)CC1C. The Balaban J connectivity index is 1.67. The maximum Gasteiger partial charge on any atom is 0.123 e. The van der Waals surface area contributed by atoms with Gasteiger partial charge in [-0.05, 0) is 67.6 Å². The highest BCUT2D eigenvalue weighted by molar-refractivity contribution is 5.22. The van der Waals surface area contributed by atoms with E-state index in [1.807, 2.05) is 12.1 Å². The van der Waals surface area contributed by atoms with Gasteiger partial charge in [-0.25, -0.2) is 4.39 Å². The molecule has 110 valence electrons. The highest BCUT2D eigenvalue weighted by atomic mass is 19.1. The van der Waals surface area contributed by atoms with Crippen LogP contribution in [0.25, 0.3) is 0 Å². The first-order valence-corrected chi connectivity index (χ1v) is 8.15. The van der Waals surface area contributed by atoms with Crippen LogP contribution in [0.15, 0.2) is 24.3 Å². The van der Waals surface area contributed by atoms with Gasteiger partial charge in [-0.3, -0.25) is 0 Å². The number of halogens is 1. The molecule has 0 bridgehead atoms. The van der Waals surface area contributed by atoms with Crippen molar-refractivity contribution in [2.24, 2.45) is 17.8 Å². The van der Waals surface area contributed by atoms with E-state index >= 15 is 0 Å². The molecule has 1 nitrogen and oxygen atoms in total. The predicted molar refractivity (Wildman–Crippen MR) is 81.0 cm³/mol. The monoisotopic (exact) mass is 275 g/mol. The summed E-state index contributed by atoms with van der Waals surface area (Å²) in [5.41, 5.74) is 1.26. The third kappa shape index (κ3) is 3.22. The van der Waals surface area contributed by atoms with Crippen LogP contribution in [-0.4, -0.2) is 6.04 Å². The van der Waals surface area contributed by atoms with Crippen LogP contribution in [0.3, 0.4) is 0 Å². The maximum absolute atomic E-state index is 13.1. The number of hydrogen-bond acceptors (Lipinski definition) is 1. The van der Waals surface area contributed by atoms with E-state index in [4.69, 9.17) is 0 Å². The van der Waals surface area contributed by atoms with Crippen molar-refractivity contribution in [2.75, 3.05) is 0 Å². The summed E-state index contributed by atoms with van der Waals surface area (Å²) < 4.78 is 13.1. The van der Waals surface area contributed by atoms with Crippen molar-refractivity contribution in [1.29, 1.82) is 0 Å². The van der Waals surface area contributed by atoms with E-state index in [1.54, 1.807) is 12.1 Å². The van der Waals surface area contributed by atoms with Gasteiger partial charge >= 0.3 is 0 Å². The number of hydrogen-bond donors (Lipinski definition) is 1. The molecule has 0 radical (unpaired) electrons. The summed E-state index contributed by atoms with van der Waals surface area (Å²) in [6.07, 6.45) is 6.53. The lowest BCUT2D eigenvalue weighted by Gasteiger charge is -2.35. The van der Waals surface area contributed by atoms with Crippen molar-refractivity contribution < 1.29 is 4.39 Å². The zero-order valence-electron chi connectivity index (χ0n) is 12.6. The molecule has 2 fully saturated rings. The summed E-state index contributed by atoms with van der Waals surface area (Å²) in [6, 6.07) is 8.18. The van der Waals surface area contributed by atoms with E-state index in [0.29, 0.717) is 12.1 Å². The van der Waals surface area contributed by atoms with E-state index in [9.17, 15) is 4.39 Å². The summed E-state index contributed by atoms with van der Waals surface area (Å²) in [4.78, 5) is 0. The van der Waals surface area contributed by atoms with Crippen LogP contribution >= 0.6 is 0 Å². The maximum atomic E-state index is 13.1. The molecule has 1 aromatic rings. The van der Waals surface area contributed by atoms with Crippen LogP contribution in [0.4, 0.5) is 4.39 Å². The van der Waals surface area contributed by atoms with Gasteiger partial charge in [0, 0.05) is 12.1 Å². The molecule has 20 heavy (non-hydrogen) atoms. The number of nitrogens with one attached hydrogen (secondary N) is 1. The van der Waals surface area contributed by atoms with Gasteiger partial charge in [-0.1, -0.05) is 26.0 Å². The third-order valence-corrected chi connectivity index (χ3v) is 5.34. The lowest BCUT2D eigenvalue weighted by atomic mass is 9.78. The van der Waals surface area contributed by atoms with E-state index in [1.165, 1.54) is 37.7 Å². The fourth-order valence-electron chi connectivity index (χ4n) is 3.56. The van der Waals surface area contributed by atoms with E-state index < -0.39 is 0 Å². The molecule has 0 aromatic heterocycles. The van der Waals surface area contributed by atoms with Crippen molar-refractivity contribution in [3.8, 4) is 0 Å². The smallest absolute Gasteiger partial charge is 0.123 e. The molecule has 0 spiro atoms. The molecule has 4 unspecified atom stereocenters. The van der Waals surface area contributed by atoms with E-state index in [2.05, 4.69) is 19.2 Å². The van der Waals surface area contributed by atoms with Gasteiger partial charge in [-0.2, -0.15) is 0 Å². The third-order valence-electron chi connectivity index (χ3n) is 5.34. The highest BCUT2D eigenvalue weighted by Crippen LogP contribution is 2.42. The second kappa shape index (κ2) is 5.85. The van der Waals surface area contributed by atoms with Crippen LogP contribution in [0.1, 0.15) is 57.6 Å². The van der Waals surface area contributed by atoms with Gasteiger partial charge in [0.2, 0.25) is 0 Å². The topological polar surface area (TPSA) is 12.0 Å². The fraction of sp³-hybridized carbons (Fsp3) is 0.667. The lowest BCUT2D eigenvalue weighted by Crippen LogP contribution is -2.39. The predicted octanol–water partition coefficient (Wildman–Crippen LogP) is 4.69. The molecule has 1 N–H and O–H groups in total. The number of rotatable bonds is 4. The van der Waals surface area contributed by atoms with Gasteiger partial charge in [-0.15, -0.1) is 0 Å². The largest absolute Gasteiger partial charge is 0.307 e. The van der Waals surface area contributed by atoms with Gasteiger partial charge in [0.15, 0.2) is 0 Å². The van der Waals surface area contributed by atoms with Gasteiger partial charge in [0.25, 0.3) is 0 Å². The Hall–Kier alpha value is -0.890. The molecule has 0 heterocycles. The summed E-state index contributed by atoms with van der Waals surface area (Å²) in [5, 5.41) is 3.88. The number of benzene rings is 1. The first kappa shape index (κ1) is 14.1. The van der Waals surface area contributed by atoms with Crippen LogP contribution < -0.4 is 5.32 Å². The Labute approximate surface area is 122 Å². The molecule has 2 aliphatic rings. The zero-order valence-corrected chi connectivity index (χ0v) is 12.6. The second-order valence-electron chi connectivity index (χ2n) is 7.00. The molecule has 0 saturated heterocycles. The summed E-state index contributed by atoms with van der Waals surface area (Å²) in [6.45, 7) is 4.75. The van der Waals surface area contributed by atoms with E-state index in [-0.39, 0.29) is 5.82 Å². The molecule has 2 aliphatic carbocycles. The van der Waals surface area contributed by atoms with E-state index in [0.717, 1.165) is 17.8 Å². The summed E-state index contributed by atoms with van der Waals surface area (Å²) in [7, 11) is 0. The summed E-state index contributed by atoms with van der Waals surface area (Å²) >= 11 is 0. The highest BCUT2D eigenvalue weighted by Gasteiger charge is 2.35. The molecule has 0 amide bonds. The van der Waals surface area contributed by atoms with Crippen LogP contribution in [0.2, 0.25) is 0 Å².